The van der Waals surface area contributed by atoms with Crippen molar-refractivity contribution in [2.45, 2.75) is 19.9 Å². The number of amides is 1. The minimum absolute atomic E-state index is 0.0199. The van der Waals surface area contributed by atoms with Crippen molar-refractivity contribution < 1.29 is 9.53 Å². The van der Waals surface area contributed by atoms with Gasteiger partial charge in [0.1, 0.15) is 0 Å². The molecule has 3 rings (SSSR count). The number of likely N-dealkylation sites (tertiary alicyclic amines) is 1. The van der Waals surface area contributed by atoms with Gasteiger partial charge in [-0.2, -0.15) is 0 Å². The van der Waals surface area contributed by atoms with E-state index in [0.717, 1.165) is 32.8 Å². The summed E-state index contributed by atoms with van der Waals surface area (Å²) in [5, 5.41) is 0. The second-order valence-electron chi connectivity index (χ2n) is 7.19. The molecule has 2 aliphatic rings. The number of ether oxygens (including phenoxy) is 1. The van der Waals surface area contributed by atoms with Crippen LogP contribution in [0.1, 0.15) is 17.5 Å². The van der Waals surface area contributed by atoms with Crippen LogP contribution in [0.15, 0.2) is 24.3 Å². The van der Waals surface area contributed by atoms with E-state index >= 15 is 0 Å². The van der Waals surface area contributed by atoms with Crippen LogP contribution in [0.2, 0.25) is 0 Å². The van der Waals surface area contributed by atoms with Gasteiger partial charge in [0.25, 0.3) is 0 Å². The smallest absolute Gasteiger partial charge is 0.222 e. The maximum absolute atomic E-state index is 12.2. The molecule has 2 saturated heterocycles. The quantitative estimate of drug-likeness (QED) is 0.852. The number of fused-ring (bicyclic) bond motifs is 1. The molecule has 0 N–H and O–H groups in total. The van der Waals surface area contributed by atoms with Crippen LogP contribution >= 0.6 is 0 Å². The van der Waals surface area contributed by atoms with Crippen LogP contribution in [0.3, 0.4) is 0 Å². The SMILES string of the molecule is Cc1ccc(CN2C[C@@H]3COC[C@]3(CC(=O)N(C)C)C2)cc1. The summed E-state index contributed by atoms with van der Waals surface area (Å²) in [5.74, 6) is 0.703. The summed E-state index contributed by atoms with van der Waals surface area (Å²) in [6.45, 7) is 6.60. The average molecular weight is 302 g/mol. The molecular formula is C18H26N2O2. The van der Waals surface area contributed by atoms with Gasteiger partial charge in [0.15, 0.2) is 0 Å². The molecule has 0 spiro atoms. The van der Waals surface area contributed by atoms with Crippen molar-refractivity contribution in [2.24, 2.45) is 11.3 Å². The molecule has 120 valence electrons. The Kier molecular flexibility index (Phi) is 4.24. The van der Waals surface area contributed by atoms with E-state index in [1.807, 2.05) is 14.1 Å². The molecule has 1 amide bonds. The van der Waals surface area contributed by atoms with E-state index in [1.54, 1.807) is 4.90 Å². The van der Waals surface area contributed by atoms with Gasteiger partial charge >= 0.3 is 0 Å². The lowest BCUT2D eigenvalue weighted by Gasteiger charge is -2.28. The Morgan fingerprint density at radius 3 is 2.77 bits per heavy atom. The highest BCUT2D eigenvalue weighted by molar-refractivity contribution is 5.76. The van der Waals surface area contributed by atoms with Gasteiger partial charge in [-0.05, 0) is 12.5 Å². The van der Waals surface area contributed by atoms with Crippen molar-refractivity contribution >= 4 is 5.91 Å². The summed E-state index contributed by atoms with van der Waals surface area (Å²) in [4.78, 5) is 16.4. The minimum Gasteiger partial charge on any atom is -0.380 e. The molecule has 0 bridgehead atoms. The zero-order valence-electron chi connectivity index (χ0n) is 13.8. The van der Waals surface area contributed by atoms with Crippen LogP contribution in [0.5, 0.6) is 0 Å². The second kappa shape index (κ2) is 6.01. The summed E-state index contributed by atoms with van der Waals surface area (Å²) in [7, 11) is 3.67. The molecule has 2 aliphatic heterocycles. The normalized spacial score (nSPS) is 27.9. The number of hydrogen-bond donors (Lipinski definition) is 0. The summed E-state index contributed by atoms with van der Waals surface area (Å²) in [5.41, 5.74) is 2.66. The Morgan fingerprint density at radius 1 is 1.36 bits per heavy atom. The molecule has 0 saturated carbocycles. The first-order valence-electron chi connectivity index (χ1n) is 8.04. The minimum atomic E-state index is 0.0199. The largest absolute Gasteiger partial charge is 0.380 e. The molecule has 4 nitrogen and oxygen atoms in total. The van der Waals surface area contributed by atoms with Crippen molar-refractivity contribution in [2.75, 3.05) is 40.4 Å². The fraction of sp³-hybridized carbons (Fsp3) is 0.611. The zero-order chi connectivity index (χ0) is 15.7. The molecule has 0 radical (unpaired) electrons. The van der Waals surface area contributed by atoms with Crippen LogP contribution in [0.4, 0.5) is 0 Å². The van der Waals surface area contributed by atoms with E-state index in [4.69, 9.17) is 4.74 Å². The van der Waals surface area contributed by atoms with E-state index in [-0.39, 0.29) is 11.3 Å². The van der Waals surface area contributed by atoms with Gasteiger partial charge in [-0.15, -0.1) is 0 Å². The number of nitrogens with zero attached hydrogens (tertiary/aromatic N) is 2. The van der Waals surface area contributed by atoms with Crippen LogP contribution in [-0.2, 0) is 16.1 Å². The number of carbonyl (C=O) groups excluding carboxylic acids is 1. The van der Waals surface area contributed by atoms with Crippen molar-refractivity contribution in [3.05, 3.63) is 35.4 Å². The van der Waals surface area contributed by atoms with E-state index in [9.17, 15) is 4.79 Å². The van der Waals surface area contributed by atoms with Crippen molar-refractivity contribution in [1.82, 2.24) is 9.80 Å². The Labute approximate surface area is 133 Å². The lowest BCUT2D eigenvalue weighted by Crippen LogP contribution is -2.37. The first kappa shape index (κ1) is 15.5. The van der Waals surface area contributed by atoms with E-state index in [2.05, 4.69) is 36.1 Å². The molecule has 0 aromatic heterocycles. The Morgan fingerprint density at radius 2 is 2.09 bits per heavy atom. The summed E-state index contributed by atoms with van der Waals surface area (Å²) in [6, 6.07) is 8.75. The van der Waals surface area contributed by atoms with E-state index < -0.39 is 0 Å². The predicted octanol–water partition coefficient (Wildman–Crippen LogP) is 1.92. The lowest BCUT2D eigenvalue weighted by molar-refractivity contribution is -0.131. The third-order valence-electron chi connectivity index (χ3n) is 5.12. The van der Waals surface area contributed by atoms with Crippen LogP contribution in [-0.4, -0.2) is 56.1 Å². The molecule has 0 unspecified atom stereocenters. The van der Waals surface area contributed by atoms with Crippen molar-refractivity contribution in [1.29, 1.82) is 0 Å². The fourth-order valence-electron chi connectivity index (χ4n) is 3.72. The van der Waals surface area contributed by atoms with E-state index in [0.29, 0.717) is 12.3 Å². The van der Waals surface area contributed by atoms with Gasteiger partial charge in [0.2, 0.25) is 5.91 Å². The maximum Gasteiger partial charge on any atom is 0.222 e. The van der Waals surface area contributed by atoms with Gasteiger partial charge in [-0.3, -0.25) is 9.69 Å². The van der Waals surface area contributed by atoms with Crippen molar-refractivity contribution in [3.63, 3.8) is 0 Å². The standard InChI is InChI=1S/C18H26N2O2/c1-14-4-6-15(7-5-14)9-20-10-16-11-22-13-18(16,12-20)8-17(21)19(2)3/h4-7,16H,8-13H2,1-3H3/t16-,18+/m1/s1. The highest BCUT2D eigenvalue weighted by Crippen LogP contribution is 2.44. The monoisotopic (exact) mass is 302 g/mol. The fourth-order valence-corrected chi connectivity index (χ4v) is 3.72. The Bertz CT molecular complexity index is 541. The number of benzene rings is 1. The molecule has 22 heavy (non-hydrogen) atoms. The zero-order valence-corrected chi connectivity index (χ0v) is 13.8. The van der Waals surface area contributed by atoms with E-state index in [1.165, 1.54) is 11.1 Å². The van der Waals surface area contributed by atoms with Crippen molar-refractivity contribution in [3.8, 4) is 0 Å². The third-order valence-corrected chi connectivity index (χ3v) is 5.12. The molecule has 4 heteroatoms. The Hall–Kier alpha value is -1.39. The van der Waals surface area contributed by atoms with Crippen LogP contribution < -0.4 is 0 Å². The highest BCUT2D eigenvalue weighted by Gasteiger charge is 2.51. The van der Waals surface area contributed by atoms with Gasteiger partial charge in [-0.1, -0.05) is 29.8 Å². The summed E-state index contributed by atoms with van der Waals surface area (Å²) in [6.07, 6.45) is 0.606. The first-order valence-corrected chi connectivity index (χ1v) is 8.04. The maximum atomic E-state index is 12.2. The summed E-state index contributed by atoms with van der Waals surface area (Å²) < 4.78 is 5.71. The topological polar surface area (TPSA) is 32.8 Å². The molecule has 2 heterocycles. The second-order valence-corrected chi connectivity index (χ2v) is 7.19. The molecule has 1 aromatic carbocycles. The van der Waals surface area contributed by atoms with Gasteiger partial charge in [0.05, 0.1) is 13.2 Å². The number of carbonyl (C=O) groups is 1. The van der Waals surface area contributed by atoms with Crippen LogP contribution in [0, 0.1) is 18.3 Å². The number of hydrogen-bond acceptors (Lipinski definition) is 3. The molecule has 2 atom stereocenters. The third kappa shape index (κ3) is 3.03. The molecule has 2 fully saturated rings. The number of rotatable bonds is 4. The molecule has 1 aromatic rings. The molecule has 0 aliphatic carbocycles. The predicted molar refractivity (Wildman–Crippen MR) is 86.5 cm³/mol. The van der Waals surface area contributed by atoms with Crippen LogP contribution in [0.25, 0.3) is 0 Å². The average Bonchev–Trinajstić information content (AvgIpc) is 2.97. The number of aryl methyl sites for hydroxylation is 1. The lowest BCUT2D eigenvalue weighted by atomic mass is 9.78. The summed E-state index contributed by atoms with van der Waals surface area (Å²) >= 11 is 0. The van der Waals surface area contributed by atoms with Gasteiger partial charge in [-0.25, -0.2) is 0 Å². The Balaban J connectivity index is 1.68. The molecular weight excluding hydrogens is 276 g/mol. The van der Waals surface area contributed by atoms with Gasteiger partial charge < -0.3 is 9.64 Å². The highest BCUT2D eigenvalue weighted by atomic mass is 16.5. The first-order chi connectivity index (χ1) is 10.5. The van der Waals surface area contributed by atoms with Gasteiger partial charge in [0, 0.05) is 51.5 Å².